The molecule has 3 rings (SSSR count). The minimum Gasteiger partial charge on any atom is -0.491 e. The molecule has 0 saturated heterocycles. The van der Waals surface area contributed by atoms with Crippen LogP contribution >= 0.6 is 0 Å². The largest absolute Gasteiger partial charge is 0.491 e. The predicted octanol–water partition coefficient (Wildman–Crippen LogP) is 2.75. The van der Waals surface area contributed by atoms with Crippen LogP contribution in [0.15, 0.2) is 17.1 Å². The lowest BCUT2D eigenvalue weighted by atomic mass is 10.1. The lowest BCUT2D eigenvalue weighted by molar-refractivity contribution is 0.0524. The molecule has 2 aromatic rings. The molecule has 128 valence electrons. The molecule has 1 aliphatic carbocycles. The van der Waals surface area contributed by atoms with Gasteiger partial charge in [-0.15, -0.1) is 0 Å². The zero-order chi connectivity index (χ0) is 17.6. The third kappa shape index (κ3) is 2.42. The Bertz CT molecular complexity index is 893. The van der Waals surface area contributed by atoms with Gasteiger partial charge in [-0.1, -0.05) is 0 Å². The van der Waals surface area contributed by atoms with Crippen LogP contribution in [0.5, 0.6) is 5.75 Å². The predicted molar refractivity (Wildman–Crippen MR) is 79.2 cm³/mol. The molecule has 1 aliphatic rings. The summed E-state index contributed by atoms with van der Waals surface area (Å²) in [5.41, 5.74) is -1.27. The van der Waals surface area contributed by atoms with Crippen molar-refractivity contribution in [1.29, 1.82) is 0 Å². The Labute approximate surface area is 134 Å². The van der Waals surface area contributed by atoms with Gasteiger partial charge in [0.2, 0.25) is 11.2 Å². The first-order valence-corrected chi connectivity index (χ1v) is 7.32. The highest BCUT2D eigenvalue weighted by Gasteiger charge is 2.41. The molecule has 0 aliphatic heterocycles. The van der Waals surface area contributed by atoms with Crippen molar-refractivity contribution in [1.82, 2.24) is 4.57 Å². The topological polar surface area (TPSA) is 57.5 Å². The van der Waals surface area contributed by atoms with E-state index in [9.17, 15) is 22.8 Å². The van der Waals surface area contributed by atoms with Crippen LogP contribution in [0.1, 0.15) is 29.7 Å². The smallest absolute Gasteiger partial charge is 0.343 e. The Kier molecular flexibility index (Phi) is 3.98. The summed E-state index contributed by atoms with van der Waals surface area (Å²) in [5, 5.41) is -0.268. The molecule has 1 saturated carbocycles. The maximum Gasteiger partial charge on any atom is 0.343 e. The summed E-state index contributed by atoms with van der Waals surface area (Å²) in [5.74, 6) is -3.98. The summed E-state index contributed by atoms with van der Waals surface area (Å²) < 4.78 is 52.3. The Morgan fingerprint density at radius 3 is 2.62 bits per heavy atom. The number of hydrogen-bond donors (Lipinski definition) is 0. The molecule has 1 unspecified atom stereocenters. The Morgan fingerprint density at radius 2 is 2.08 bits per heavy atom. The molecule has 0 radical (unpaired) electrons. The van der Waals surface area contributed by atoms with Crippen LogP contribution < -0.4 is 10.2 Å². The highest BCUT2D eigenvalue weighted by Crippen LogP contribution is 2.43. The monoisotopic (exact) mass is 341 g/mol. The summed E-state index contributed by atoms with van der Waals surface area (Å²) in [6, 6.07) is 0.00436. The second kappa shape index (κ2) is 5.85. The van der Waals surface area contributed by atoms with Crippen molar-refractivity contribution in [3.63, 3.8) is 0 Å². The molecule has 8 heteroatoms. The molecule has 1 fully saturated rings. The van der Waals surface area contributed by atoms with E-state index in [2.05, 4.69) is 0 Å². The van der Waals surface area contributed by atoms with Crippen LogP contribution in [0.3, 0.4) is 0 Å². The third-order valence-corrected chi connectivity index (χ3v) is 3.90. The average molecular weight is 341 g/mol. The average Bonchev–Trinajstić information content (AvgIpc) is 3.26. The van der Waals surface area contributed by atoms with Gasteiger partial charge in [-0.25, -0.2) is 13.6 Å². The number of nitrogens with zero attached hydrogens (tertiary/aromatic N) is 1. The van der Waals surface area contributed by atoms with Gasteiger partial charge < -0.3 is 14.0 Å². The number of ether oxygens (including phenoxy) is 2. The second-order valence-corrected chi connectivity index (χ2v) is 5.42. The highest BCUT2D eigenvalue weighted by molar-refractivity contribution is 5.95. The second-order valence-electron chi connectivity index (χ2n) is 5.42. The van der Waals surface area contributed by atoms with Crippen LogP contribution in [0.2, 0.25) is 0 Å². The fourth-order valence-electron chi connectivity index (χ4n) is 2.67. The van der Waals surface area contributed by atoms with Crippen molar-refractivity contribution in [3.8, 4) is 5.75 Å². The number of halogens is 3. The Hall–Kier alpha value is -2.51. The van der Waals surface area contributed by atoms with Crippen molar-refractivity contribution < 1.29 is 27.4 Å². The summed E-state index contributed by atoms with van der Waals surface area (Å²) in [7, 11) is 1.12. The lowest BCUT2D eigenvalue weighted by Gasteiger charge is -2.16. The number of alkyl halides is 1. The van der Waals surface area contributed by atoms with Gasteiger partial charge in [0.25, 0.3) is 0 Å². The third-order valence-electron chi connectivity index (χ3n) is 3.90. The van der Waals surface area contributed by atoms with Gasteiger partial charge >= 0.3 is 5.97 Å². The van der Waals surface area contributed by atoms with Crippen LogP contribution in [0.25, 0.3) is 10.9 Å². The van der Waals surface area contributed by atoms with Gasteiger partial charge in [-0.05, 0) is 13.0 Å². The molecule has 1 aromatic heterocycles. The van der Waals surface area contributed by atoms with E-state index in [-0.39, 0.29) is 29.5 Å². The fraction of sp³-hybridized carbons (Fsp3) is 0.375. The van der Waals surface area contributed by atoms with Crippen molar-refractivity contribution >= 4 is 16.9 Å². The van der Waals surface area contributed by atoms with Gasteiger partial charge in [0.1, 0.15) is 11.7 Å². The number of hydrogen-bond acceptors (Lipinski definition) is 4. The van der Waals surface area contributed by atoms with Crippen molar-refractivity contribution in [3.05, 3.63) is 39.7 Å². The van der Waals surface area contributed by atoms with Crippen molar-refractivity contribution in [2.24, 2.45) is 0 Å². The molecule has 24 heavy (non-hydrogen) atoms. The van der Waals surface area contributed by atoms with Crippen molar-refractivity contribution in [2.75, 3.05) is 13.7 Å². The molecule has 5 nitrogen and oxygen atoms in total. The van der Waals surface area contributed by atoms with Crippen LogP contribution in [-0.2, 0) is 4.74 Å². The summed E-state index contributed by atoms with van der Waals surface area (Å²) >= 11 is 0. The summed E-state index contributed by atoms with van der Waals surface area (Å²) in [4.78, 5) is 24.5. The van der Waals surface area contributed by atoms with E-state index in [0.717, 1.165) is 13.3 Å². The van der Waals surface area contributed by atoms with E-state index >= 15 is 0 Å². The standard InChI is InChI=1S/C16H14F3NO4/c1-3-24-16(22)8-6-20(11-5-9(11)17)13-7(14(8)21)4-10(18)12(19)15(13)23-2/h4,6,9,11H,3,5H2,1-2H3/t9?,11-/m0/s1. The minimum atomic E-state index is -1.29. The van der Waals surface area contributed by atoms with E-state index in [1.807, 2.05) is 0 Å². The molecule has 1 aromatic carbocycles. The molecule has 0 bridgehead atoms. The molecule has 1 heterocycles. The van der Waals surface area contributed by atoms with E-state index in [0.29, 0.717) is 6.07 Å². The Morgan fingerprint density at radius 1 is 1.42 bits per heavy atom. The van der Waals surface area contributed by atoms with Crippen LogP contribution in [0.4, 0.5) is 13.2 Å². The van der Waals surface area contributed by atoms with Gasteiger partial charge in [-0.2, -0.15) is 4.39 Å². The number of rotatable bonds is 4. The van der Waals surface area contributed by atoms with E-state index < -0.39 is 41.0 Å². The van der Waals surface area contributed by atoms with E-state index in [4.69, 9.17) is 9.47 Å². The van der Waals surface area contributed by atoms with E-state index in [1.54, 1.807) is 6.92 Å². The number of methoxy groups -OCH3 is 1. The first kappa shape index (κ1) is 16.4. The van der Waals surface area contributed by atoms with Crippen molar-refractivity contribution in [2.45, 2.75) is 25.6 Å². The maximum absolute atomic E-state index is 14.0. The first-order valence-electron chi connectivity index (χ1n) is 7.32. The molecular weight excluding hydrogens is 327 g/mol. The zero-order valence-corrected chi connectivity index (χ0v) is 12.9. The van der Waals surface area contributed by atoms with Crippen LogP contribution in [0, 0.1) is 11.6 Å². The highest BCUT2D eigenvalue weighted by atomic mass is 19.2. The number of carbonyl (C=O) groups is 1. The minimum absolute atomic E-state index is 0.0343. The maximum atomic E-state index is 14.0. The lowest BCUT2D eigenvalue weighted by Crippen LogP contribution is -2.22. The number of carbonyl (C=O) groups excluding carboxylic acids is 1. The molecule has 2 atom stereocenters. The Balaban J connectivity index is 2.40. The number of aromatic nitrogens is 1. The summed E-state index contributed by atoms with van der Waals surface area (Å²) in [6.07, 6.45) is 0.0541. The normalized spacial score (nSPS) is 19.4. The zero-order valence-electron chi connectivity index (χ0n) is 12.9. The molecule has 0 spiro atoms. The van der Waals surface area contributed by atoms with Gasteiger partial charge in [0.15, 0.2) is 11.6 Å². The first-order chi connectivity index (χ1) is 11.4. The SMILES string of the molecule is CCOC(=O)c1cn([C@H]2CC2F)c2c(OC)c(F)c(F)cc2c1=O. The van der Waals surface area contributed by atoms with E-state index in [1.165, 1.54) is 4.57 Å². The number of fused-ring (bicyclic) bond motifs is 1. The summed E-state index contributed by atoms with van der Waals surface area (Å²) in [6.45, 7) is 1.60. The number of esters is 1. The van der Waals surface area contributed by atoms with Gasteiger partial charge in [-0.3, -0.25) is 4.79 Å². The molecule has 0 amide bonds. The van der Waals surface area contributed by atoms with Gasteiger partial charge in [0, 0.05) is 12.6 Å². The molecular formula is C16H14F3NO4. The molecule has 0 N–H and O–H groups in total. The quantitative estimate of drug-likeness (QED) is 0.803. The number of benzene rings is 1. The van der Waals surface area contributed by atoms with Crippen LogP contribution in [-0.4, -0.2) is 30.4 Å². The van der Waals surface area contributed by atoms with Gasteiger partial charge in [0.05, 0.1) is 30.7 Å². The fourth-order valence-corrected chi connectivity index (χ4v) is 2.67. The number of pyridine rings is 1.